The minimum Gasteiger partial charge on any atom is -0.399 e. The van der Waals surface area contributed by atoms with E-state index in [4.69, 9.17) is 28.9 Å². The molecule has 0 fully saturated rings. The van der Waals surface area contributed by atoms with E-state index in [0.29, 0.717) is 15.7 Å². The first kappa shape index (κ1) is 16.4. The van der Waals surface area contributed by atoms with Gasteiger partial charge in [0.25, 0.3) is 0 Å². The van der Waals surface area contributed by atoms with E-state index in [1.54, 1.807) is 36.4 Å². The summed E-state index contributed by atoms with van der Waals surface area (Å²) < 4.78 is 27.3. The van der Waals surface area contributed by atoms with Crippen LogP contribution in [0.15, 0.2) is 40.9 Å². The van der Waals surface area contributed by atoms with Gasteiger partial charge in [0.15, 0.2) is 0 Å². The Balaban J connectivity index is 2.22. The molecule has 0 radical (unpaired) electrons. The molecule has 0 aromatic heterocycles. The fourth-order valence-corrected chi connectivity index (χ4v) is 3.73. The topological polar surface area (TPSA) is 72.2 Å². The van der Waals surface area contributed by atoms with Crippen molar-refractivity contribution >= 4 is 60.5 Å². The molecule has 0 saturated heterocycles. The lowest BCUT2D eigenvalue weighted by Crippen LogP contribution is -2.15. The molecule has 2 aromatic rings. The van der Waals surface area contributed by atoms with Gasteiger partial charge in [-0.25, -0.2) is 8.42 Å². The van der Waals surface area contributed by atoms with Gasteiger partial charge >= 0.3 is 0 Å². The smallest absolute Gasteiger partial charge is 0.236 e. The lowest BCUT2D eigenvalue weighted by atomic mass is 10.2. The number of nitrogens with one attached hydrogen (secondary N) is 1. The van der Waals surface area contributed by atoms with Crippen molar-refractivity contribution in [1.82, 2.24) is 0 Å². The van der Waals surface area contributed by atoms with Crippen LogP contribution in [0, 0.1) is 0 Å². The number of nitrogen functional groups attached to an aromatic ring is 1. The highest BCUT2D eigenvalue weighted by Crippen LogP contribution is 2.36. The van der Waals surface area contributed by atoms with Crippen LogP contribution in [0.5, 0.6) is 0 Å². The molecule has 0 unspecified atom stereocenters. The van der Waals surface area contributed by atoms with Crippen molar-refractivity contribution in [1.29, 1.82) is 0 Å². The Bertz CT molecular complexity index is 764. The summed E-state index contributed by atoms with van der Waals surface area (Å²) in [6.07, 6.45) is 0. The summed E-state index contributed by atoms with van der Waals surface area (Å²) in [4.78, 5) is 0. The lowest BCUT2D eigenvalue weighted by molar-refractivity contribution is 0.600. The van der Waals surface area contributed by atoms with Gasteiger partial charge < -0.3 is 5.73 Å². The Morgan fingerprint density at radius 3 is 2.29 bits per heavy atom. The number of anilines is 2. The van der Waals surface area contributed by atoms with Crippen molar-refractivity contribution in [3.8, 4) is 0 Å². The highest BCUT2D eigenvalue weighted by Gasteiger charge is 2.16. The van der Waals surface area contributed by atoms with E-state index in [2.05, 4.69) is 20.7 Å². The molecule has 3 N–H and O–H groups in total. The second-order valence-corrected chi connectivity index (χ2v) is 7.66. The lowest BCUT2D eigenvalue weighted by Gasteiger charge is -2.11. The zero-order valence-electron chi connectivity index (χ0n) is 10.6. The summed E-state index contributed by atoms with van der Waals surface area (Å²) in [6, 6.07) is 9.77. The molecule has 0 spiro atoms. The van der Waals surface area contributed by atoms with Gasteiger partial charge in [0, 0.05) is 10.2 Å². The number of rotatable bonds is 4. The van der Waals surface area contributed by atoms with Gasteiger partial charge in [0.05, 0.1) is 21.5 Å². The Hall–Kier alpha value is -0.950. The number of nitrogens with two attached hydrogens (primary N) is 1. The third-order valence-electron chi connectivity index (χ3n) is 2.64. The second kappa shape index (κ2) is 6.44. The van der Waals surface area contributed by atoms with Crippen molar-refractivity contribution in [2.75, 3.05) is 10.5 Å². The molecule has 0 atom stereocenters. The van der Waals surface area contributed by atoms with Gasteiger partial charge in [-0.3, -0.25) is 4.72 Å². The molecule has 0 bridgehead atoms. The zero-order valence-corrected chi connectivity index (χ0v) is 14.5. The standard InChI is InChI=1S/C13H11BrCl2N2O2S/c14-10-5-6-11(13(16)12(10)15)18-21(19,20)7-8-1-3-9(17)4-2-8/h1-6,18H,7,17H2. The van der Waals surface area contributed by atoms with Crippen LogP contribution >= 0.6 is 39.1 Å². The molecule has 0 aliphatic carbocycles. The van der Waals surface area contributed by atoms with Crippen LogP contribution in [0.4, 0.5) is 11.4 Å². The number of hydrogen-bond donors (Lipinski definition) is 2. The van der Waals surface area contributed by atoms with Crippen LogP contribution in [-0.2, 0) is 15.8 Å². The quantitative estimate of drug-likeness (QED) is 0.584. The van der Waals surface area contributed by atoms with Gasteiger partial charge in [-0.1, -0.05) is 35.3 Å². The molecule has 4 nitrogen and oxygen atoms in total. The summed E-state index contributed by atoms with van der Waals surface area (Å²) in [6.45, 7) is 0. The number of hydrogen-bond acceptors (Lipinski definition) is 3. The van der Waals surface area contributed by atoms with Crippen LogP contribution in [-0.4, -0.2) is 8.42 Å². The fraction of sp³-hybridized carbons (Fsp3) is 0.0769. The highest BCUT2D eigenvalue weighted by atomic mass is 79.9. The van der Waals surface area contributed by atoms with E-state index in [0.717, 1.165) is 0 Å². The van der Waals surface area contributed by atoms with E-state index in [1.807, 2.05) is 0 Å². The van der Waals surface area contributed by atoms with Gasteiger partial charge in [-0.15, -0.1) is 0 Å². The van der Waals surface area contributed by atoms with Crippen LogP contribution in [0.3, 0.4) is 0 Å². The monoisotopic (exact) mass is 408 g/mol. The molecule has 0 aliphatic rings. The minimum atomic E-state index is -3.60. The van der Waals surface area contributed by atoms with Crippen molar-refractivity contribution in [2.24, 2.45) is 0 Å². The zero-order chi connectivity index (χ0) is 15.6. The first-order chi connectivity index (χ1) is 9.78. The molecular weight excluding hydrogens is 399 g/mol. The van der Waals surface area contributed by atoms with Crippen molar-refractivity contribution in [3.05, 3.63) is 56.5 Å². The normalized spacial score (nSPS) is 11.4. The summed E-state index contributed by atoms with van der Waals surface area (Å²) in [5.41, 5.74) is 7.00. The molecule has 0 saturated carbocycles. The fourth-order valence-electron chi connectivity index (χ4n) is 1.64. The molecule has 21 heavy (non-hydrogen) atoms. The average Bonchev–Trinajstić information content (AvgIpc) is 2.42. The predicted octanol–water partition coefficient (Wildman–Crippen LogP) is 4.28. The van der Waals surface area contributed by atoms with Crippen molar-refractivity contribution in [2.45, 2.75) is 5.75 Å². The predicted molar refractivity (Wildman–Crippen MR) is 91.3 cm³/mol. The van der Waals surface area contributed by atoms with Crippen LogP contribution in [0.1, 0.15) is 5.56 Å². The van der Waals surface area contributed by atoms with Gasteiger partial charge in [0.1, 0.15) is 0 Å². The third-order valence-corrected chi connectivity index (χ3v) is 5.65. The molecule has 112 valence electrons. The first-order valence-corrected chi connectivity index (χ1v) is 8.97. The SMILES string of the molecule is Nc1ccc(CS(=O)(=O)Nc2ccc(Br)c(Cl)c2Cl)cc1. The van der Waals surface area contributed by atoms with Gasteiger partial charge in [0.2, 0.25) is 10.0 Å². The Kier molecular flexibility index (Phi) is 5.03. The minimum absolute atomic E-state index is 0.145. The maximum atomic E-state index is 12.1. The largest absolute Gasteiger partial charge is 0.399 e. The molecule has 2 rings (SSSR count). The molecular formula is C13H11BrCl2N2O2S. The van der Waals surface area contributed by atoms with E-state index in [9.17, 15) is 8.42 Å². The molecule has 0 heterocycles. The van der Waals surface area contributed by atoms with E-state index >= 15 is 0 Å². The van der Waals surface area contributed by atoms with Gasteiger partial charge in [-0.05, 0) is 45.8 Å². The Labute approximate surface area is 141 Å². The molecule has 0 aliphatic heterocycles. The molecule has 0 amide bonds. The van der Waals surface area contributed by atoms with Crippen molar-refractivity contribution < 1.29 is 8.42 Å². The summed E-state index contributed by atoms with van der Waals surface area (Å²) in [5.74, 6) is -0.183. The van der Waals surface area contributed by atoms with Crippen LogP contribution < -0.4 is 10.5 Å². The summed E-state index contributed by atoms with van der Waals surface area (Å²) in [5, 5.41) is 0.399. The van der Waals surface area contributed by atoms with Crippen LogP contribution in [0.25, 0.3) is 0 Å². The molecule has 8 heteroatoms. The Morgan fingerprint density at radius 1 is 1.05 bits per heavy atom. The Morgan fingerprint density at radius 2 is 1.67 bits per heavy atom. The van der Waals surface area contributed by atoms with Crippen LogP contribution in [0.2, 0.25) is 10.0 Å². The third kappa shape index (κ3) is 4.26. The van der Waals surface area contributed by atoms with Crippen molar-refractivity contribution in [3.63, 3.8) is 0 Å². The number of sulfonamides is 1. The van der Waals surface area contributed by atoms with E-state index in [1.165, 1.54) is 0 Å². The highest BCUT2D eigenvalue weighted by molar-refractivity contribution is 9.10. The second-order valence-electron chi connectivity index (χ2n) is 4.33. The number of halogens is 3. The van der Waals surface area contributed by atoms with E-state index in [-0.39, 0.29) is 21.5 Å². The number of benzene rings is 2. The summed E-state index contributed by atoms with van der Waals surface area (Å²) >= 11 is 15.2. The average molecular weight is 410 g/mol. The first-order valence-electron chi connectivity index (χ1n) is 5.77. The maximum Gasteiger partial charge on any atom is 0.236 e. The summed E-state index contributed by atoms with van der Waals surface area (Å²) in [7, 11) is -3.60. The maximum absolute atomic E-state index is 12.1. The van der Waals surface area contributed by atoms with Gasteiger partial charge in [-0.2, -0.15) is 0 Å². The van der Waals surface area contributed by atoms with E-state index < -0.39 is 10.0 Å². The molecule has 2 aromatic carbocycles.